The van der Waals surface area contributed by atoms with Crippen molar-refractivity contribution >= 4 is 43.2 Å². The van der Waals surface area contributed by atoms with Crippen molar-refractivity contribution in [2.45, 2.75) is 0 Å². The highest BCUT2D eigenvalue weighted by molar-refractivity contribution is 9.10. The monoisotopic (exact) mass is 330 g/mol. The molecule has 0 aliphatic heterocycles. The van der Waals surface area contributed by atoms with Crippen molar-refractivity contribution < 1.29 is 12.8 Å². The Labute approximate surface area is 106 Å². The zero-order valence-electron chi connectivity index (χ0n) is 8.00. The van der Waals surface area contributed by atoms with Crippen molar-refractivity contribution in [2.24, 2.45) is 5.14 Å². The van der Waals surface area contributed by atoms with Crippen LogP contribution in [0.2, 0.25) is 5.02 Å². The first-order chi connectivity index (χ1) is 7.29. The number of halogens is 3. The van der Waals surface area contributed by atoms with Gasteiger partial charge >= 0.3 is 0 Å². The molecule has 0 radical (unpaired) electrons. The molecule has 1 rings (SSSR count). The van der Waals surface area contributed by atoms with Crippen LogP contribution < -0.4 is 10.5 Å². The highest BCUT2D eigenvalue weighted by Crippen LogP contribution is 2.31. The summed E-state index contributed by atoms with van der Waals surface area (Å²) in [6.07, 6.45) is 0. The first kappa shape index (κ1) is 13.7. The molecule has 0 aromatic heterocycles. The minimum atomic E-state index is -3.52. The SMILES string of the molecule is NS(=O)(=O)CCNc1c(Cl)cc(F)cc1Br. The predicted molar refractivity (Wildman–Crippen MR) is 65.6 cm³/mol. The molecular formula is C8H9BrClFN2O2S. The number of anilines is 1. The summed E-state index contributed by atoms with van der Waals surface area (Å²) in [6.45, 7) is 0.1000. The maximum absolute atomic E-state index is 12.9. The second kappa shape index (κ2) is 5.31. The van der Waals surface area contributed by atoms with Crippen LogP contribution in [0.3, 0.4) is 0 Å². The number of hydrogen-bond donors (Lipinski definition) is 2. The predicted octanol–water partition coefficient (Wildman–Crippen LogP) is 1.94. The first-order valence-electron chi connectivity index (χ1n) is 4.18. The normalized spacial score (nSPS) is 11.5. The van der Waals surface area contributed by atoms with Crippen molar-refractivity contribution in [3.63, 3.8) is 0 Å². The minimum Gasteiger partial charge on any atom is -0.382 e. The molecule has 1 aromatic rings. The number of benzene rings is 1. The van der Waals surface area contributed by atoms with E-state index in [1.165, 1.54) is 6.07 Å². The Hall–Kier alpha value is -0.370. The summed E-state index contributed by atoms with van der Waals surface area (Å²) in [5.41, 5.74) is 0.437. The van der Waals surface area contributed by atoms with Gasteiger partial charge in [0.25, 0.3) is 0 Å². The van der Waals surface area contributed by atoms with E-state index in [-0.39, 0.29) is 17.3 Å². The molecule has 0 bridgehead atoms. The number of nitrogens with one attached hydrogen (secondary N) is 1. The van der Waals surface area contributed by atoms with Crippen LogP contribution in [-0.2, 0) is 10.0 Å². The van der Waals surface area contributed by atoms with E-state index in [9.17, 15) is 12.8 Å². The molecule has 0 saturated heterocycles. The molecule has 90 valence electrons. The van der Waals surface area contributed by atoms with E-state index in [1.807, 2.05) is 0 Å². The van der Waals surface area contributed by atoms with Crippen LogP contribution in [-0.4, -0.2) is 20.7 Å². The lowest BCUT2D eigenvalue weighted by atomic mass is 10.3. The van der Waals surface area contributed by atoms with E-state index >= 15 is 0 Å². The van der Waals surface area contributed by atoms with Crippen molar-refractivity contribution in [3.05, 3.63) is 27.4 Å². The summed E-state index contributed by atoms with van der Waals surface area (Å²) in [7, 11) is -3.52. The van der Waals surface area contributed by atoms with Gasteiger partial charge in [-0.15, -0.1) is 0 Å². The van der Waals surface area contributed by atoms with E-state index in [1.54, 1.807) is 0 Å². The lowest BCUT2D eigenvalue weighted by Crippen LogP contribution is -2.22. The van der Waals surface area contributed by atoms with Crippen LogP contribution in [0.5, 0.6) is 0 Å². The van der Waals surface area contributed by atoms with Gasteiger partial charge in [-0.1, -0.05) is 11.6 Å². The molecule has 0 unspecified atom stereocenters. The van der Waals surface area contributed by atoms with Gasteiger partial charge in [0.15, 0.2) is 0 Å². The number of rotatable bonds is 4. The molecule has 0 spiro atoms. The number of nitrogens with two attached hydrogens (primary N) is 1. The van der Waals surface area contributed by atoms with Crippen molar-refractivity contribution in [1.29, 1.82) is 0 Å². The number of sulfonamides is 1. The van der Waals surface area contributed by atoms with Crippen LogP contribution >= 0.6 is 27.5 Å². The van der Waals surface area contributed by atoms with E-state index in [4.69, 9.17) is 16.7 Å². The van der Waals surface area contributed by atoms with E-state index in [0.29, 0.717) is 10.2 Å². The molecule has 1 aromatic carbocycles. The Morgan fingerprint density at radius 2 is 2.12 bits per heavy atom. The van der Waals surface area contributed by atoms with Crippen molar-refractivity contribution in [3.8, 4) is 0 Å². The molecule has 0 aliphatic rings. The van der Waals surface area contributed by atoms with Gasteiger partial charge in [0.05, 0.1) is 16.5 Å². The maximum Gasteiger partial charge on any atom is 0.210 e. The van der Waals surface area contributed by atoms with Crippen LogP contribution in [0, 0.1) is 5.82 Å². The molecule has 0 heterocycles. The molecule has 0 saturated carbocycles. The van der Waals surface area contributed by atoms with Crippen LogP contribution in [0.25, 0.3) is 0 Å². The van der Waals surface area contributed by atoms with Crippen molar-refractivity contribution in [1.82, 2.24) is 0 Å². The fraction of sp³-hybridized carbons (Fsp3) is 0.250. The Morgan fingerprint density at radius 1 is 1.50 bits per heavy atom. The third kappa shape index (κ3) is 4.25. The lowest BCUT2D eigenvalue weighted by Gasteiger charge is -2.09. The molecule has 0 atom stereocenters. The third-order valence-electron chi connectivity index (χ3n) is 1.70. The fourth-order valence-electron chi connectivity index (χ4n) is 1.03. The zero-order valence-corrected chi connectivity index (χ0v) is 11.2. The second-order valence-corrected chi connectivity index (χ2v) is 6.03. The summed E-state index contributed by atoms with van der Waals surface area (Å²) in [5, 5.41) is 7.76. The Bertz CT molecular complexity index is 472. The van der Waals surface area contributed by atoms with Gasteiger partial charge in [-0.2, -0.15) is 0 Å². The van der Waals surface area contributed by atoms with Crippen LogP contribution in [0.1, 0.15) is 0 Å². The van der Waals surface area contributed by atoms with Crippen LogP contribution in [0.4, 0.5) is 10.1 Å². The van der Waals surface area contributed by atoms with Crippen LogP contribution in [0.15, 0.2) is 16.6 Å². The molecule has 0 fully saturated rings. The molecule has 4 nitrogen and oxygen atoms in total. The minimum absolute atomic E-state index is 0.1000. The quantitative estimate of drug-likeness (QED) is 0.885. The highest BCUT2D eigenvalue weighted by atomic mass is 79.9. The maximum atomic E-state index is 12.9. The fourth-order valence-corrected chi connectivity index (χ4v) is 2.38. The summed E-state index contributed by atoms with van der Waals surface area (Å²) in [5.74, 6) is -0.707. The summed E-state index contributed by atoms with van der Waals surface area (Å²) in [4.78, 5) is 0. The van der Waals surface area contributed by atoms with Gasteiger partial charge in [0.2, 0.25) is 10.0 Å². The Morgan fingerprint density at radius 3 is 2.62 bits per heavy atom. The Balaban J connectivity index is 2.75. The third-order valence-corrected chi connectivity index (χ3v) is 3.39. The standard InChI is InChI=1S/C8H9BrClFN2O2S/c9-6-3-5(11)4-7(10)8(6)13-1-2-16(12,14)15/h3-4,13H,1-2H2,(H2,12,14,15). The second-order valence-electron chi connectivity index (χ2n) is 3.04. The van der Waals surface area contributed by atoms with Gasteiger partial charge in [-0.3, -0.25) is 0 Å². The summed E-state index contributed by atoms with van der Waals surface area (Å²) >= 11 is 8.88. The first-order valence-corrected chi connectivity index (χ1v) is 7.07. The molecule has 3 N–H and O–H groups in total. The average molecular weight is 332 g/mol. The van der Waals surface area contributed by atoms with Crippen molar-refractivity contribution in [2.75, 3.05) is 17.6 Å². The van der Waals surface area contributed by atoms with Gasteiger partial charge in [0.1, 0.15) is 5.82 Å². The number of primary sulfonamides is 1. The van der Waals surface area contributed by atoms with E-state index in [0.717, 1.165) is 6.07 Å². The van der Waals surface area contributed by atoms with E-state index in [2.05, 4.69) is 21.2 Å². The average Bonchev–Trinajstić information content (AvgIpc) is 2.07. The largest absolute Gasteiger partial charge is 0.382 e. The van der Waals surface area contributed by atoms with E-state index < -0.39 is 15.8 Å². The van der Waals surface area contributed by atoms with Gasteiger partial charge in [0, 0.05) is 11.0 Å². The smallest absolute Gasteiger partial charge is 0.210 e. The molecule has 16 heavy (non-hydrogen) atoms. The highest BCUT2D eigenvalue weighted by Gasteiger charge is 2.09. The molecule has 0 aliphatic carbocycles. The zero-order chi connectivity index (χ0) is 12.3. The van der Waals surface area contributed by atoms with Gasteiger partial charge < -0.3 is 5.32 Å². The molecule has 0 amide bonds. The summed E-state index contributed by atoms with van der Waals surface area (Å²) < 4.78 is 34.6. The molecule has 8 heteroatoms. The topological polar surface area (TPSA) is 72.2 Å². The summed E-state index contributed by atoms with van der Waals surface area (Å²) in [6, 6.07) is 2.36. The Kier molecular flexibility index (Phi) is 4.54. The van der Waals surface area contributed by atoms with Gasteiger partial charge in [-0.25, -0.2) is 17.9 Å². The number of hydrogen-bond acceptors (Lipinski definition) is 3. The lowest BCUT2D eigenvalue weighted by molar-refractivity contribution is 0.598. The van der Waals surface area contributed by atoms with Gasteiger partial charge in [-0.05, 0) is 28.1 Å². The molecular weight excluding hydrogens is 323 g/mol.